The first-order valence-electron chi connectivity index (χ1n) is 9.17. The lowest BCUT2D eigenvalue weighted by Crippen LogP contribution is -2.40. The minimum atomic E-state index is -0.411. The van der Waals surface area contributed by atoms with Crippen LogP contribution in [0.3, 0.4) is 0 Å². The highest BCUT2D eigenvalue weighted by molar-refractivity contribution is 7.13. The van der Waals surface area contributed by atoms with E-state index in [4.69, 9.17) is 9.47 Å². The maximum atomic E-state index is 11.9. The van der Waals surface area contributed by atoms with E-state index < -0.39 is 11.6 Å². The Bertz CT molecular complexity index is 460. The first-order valence-corrected chi connectivity index (χ1v) is 9.75. The maximum absolute atomic E-state index is 11.9. The number of halogens is 2. The maximum Gasteiger partial charge on any atom is 0.123 e. The Hall–Kier alpha value is -1.07. The summed E-state index contributed by atoms with van der Waals surface area (Å²) in [6.07, 6.45) is 2.25. The van der Waals surface area contributed by atoms with Crippen LogP contribution in [-0.4, -0.2) is 50.5 Å². The largest absolute Gasteiger partial charge is 0.378 e. The minimum Gasteiger partial charge on any atom is -0.378 e. The molecule has 4 nitrogen and oxygen atoms in total. The number of ether oxygens (including phenoxy) is 2. The lowest BCUT2D eigenvalue weighted by atomic mass is 10.2. The lowest BCUT2D eigenvalue weighted by Gasteiger charge is -2.34. The normalized spacial score (nSPS) is 18.8. The topological polar surface area (TPSA) is 33.7 Å². The van der Waals surface area contributed by atoms with E-state index in [0.717, 1.165) is 63.8 Å². The smallest absolute Gasteiger partial charge is 0.123 e. The fourth-order valence-corrected chi connectivity index (χ4v) is 2.38. The summed E-state index contributed by atoms with van der Waals surface area (Å²) in [5.41, 5.74) is 1.29. The number of morpholine rings is 1. The molecular weight excluding hydrogens is 357 g/mol. The number of benzene rings is 1. The van der Waals surface area contributed by atoms with Crippen molar-refractivity contribution in [1.82, 2.24) is 9.99 Å². The van der Waals surface area contributed by atoms with E-state index in [0.29, 0.717) is 6.04 Å². The van der Waals surface area contributed by atoms with Crippen LogP contribution in [0.25, 0.3) is 0 Å². The second kappa shape index (κ2) is 16.1. The molecule has 3 rings (SSSR count). The first-order chi connectivity index (χ1) is 12.7. The molecule has 0 saturated carbocycles. The molecule has 2 unspecified atom stereocenters. The SMILES string of the molecule is CC.CC.Fc1ccc(F)cc1.PNC1C=C(N2CCOCC2)COC1. The highest BCUT2D eigenvalue weighted by Crippen LogP contribution is 2.13. The van der Waals surface area contributed by atoms with Crippen LogP contribution < -0.4 is 5.09 Å². The number of nitrogens with one attached hydrogen (secondary N) is 1. The van der Waals surface area contributed by atoms with Gasteiger partial charge in [-0.15, -0.1) is 0 Å². The van der Waals surface area contributed by atoms with E-state index in [1.807, 2.05) is 27.7 Å². The van der Waals surface area contributed by atoms with Crippen LogP contribution in [0.5, 0.6) is 0 Å². The standard InChI is InChI=1S/C9H17N2O2P.C6H4F2.2C2H6/c14-10-8-5-9(7-13-6-8)11-1-3-12-4-2-11;7-5-1-2-6(8)4-3-5;2*1-2/h5,8,10H,1-4,6-7,14H2;1-4H;2*1-2H3. The van der Waals surface area contributed by atoms with Crippen molar-refractivity contribution in [3.8, 4) is 0 Å². The quantitative estimate of drug-likeness (QED) is 0.774. The van der Waals surface area contributed by atoms with Gasteiger partial charge in [0.05, 0.1) is 32.5 Å². The average molecular weight is 390 g/mol. The number of rotatable bonds is 2. The molecule has 150 valence electrons. The van der Waals surface area contributed by atoms with Gasteiger partial charge in [0.2, 0.25) is 0 Å². The van der Waals surface area contributed by atoms with Gasteiger partial charge in [0.25, 0.3) is 0 Å². The molecule has 0 bridgehead atoms. The number of hydrogen-bond donors (Lipinski definition) is 1. The van der Waals surface area contributed by atoms with Gasteiger partial charge in [-0.3, -0.25) is 5.09 Å². The fourth-order valence-electron chi connectivity index (χ4n) is 2.19. The number of hydrogen-bond acceptors (Lipinski definition) is 4. The third-order valence-electron chi connectivity index (χ3n) is 3.38. The second-order valence-corrected chi connectivity index (χ2v) is 5.32. The van der Waals surface area contributed by atoms with Gasteiger partial charge < -0.3 is 14.4 Å². The summed E-state index contributed by atoms with van der Waals surface area (Å²) in [4.78, 5) is 2.34. The van der Waals surface area contributed by atoms with Crippen LogP contribution in [0.2, 0.25) is 0 Å². The Morgan fingerprint density at radius 2 is 1.46 bits per heavy atom. The van der Waals surface area contributed by atoms with E-state index in [1.165, 1.54) is 5.70 Å². The van der Waals surface area contributed by atoms with E-state index in [-0.39, 0.29) is 0 Å². The summed E-state index contributed by atoms with van der Waals surface area (Å²) in [5, 5.41) is 3.13. The van der Waals surface area contributed by atoms with Crippen molar-refractivity contribution >= 4 is 9.39 Å². The first kappa shape index (κ1) is 24.9. The van der Waals surface area contributed by atoms with Crippen LogP contribution >= 0.6 is 9.39 Å². The highest BCUT2D eigenvalue weighted by Gasteiger charge is 2.19. The van der Waals surface area contributed by atoms with E-state index in [2.05, 4.69) is 25.5 Å². The van der Waals surface area contributed by atoms with Crippen LogP contribution in [0.4, 0.5) is 8.78 Å². The Balaban J connectivity index is 0.000000444. The molecule has 1 aromatic rings. The van der Waals surface area contributed by atoms with Gasteiger partial charge >= 0.3 is 0 Å². The van der Waals surface area contributed by atoms with Crippen molar-refractivity contribution in [2.24, 2.45) is 0 Å². The zero-order valence-electron chi connectivity index (χ0n) is 16.3. The Morgan fingerprint density at radius 1 is 0.962 bits per heavy atom. The lowest BCUT2D eigenvalue weighted by molar-refractivity contribution is 0.0359. The van der Waals surface area contributed by atoms with Crippen molar-refractivity contribution in [2.75, 3.05) is 39.5 Å². The summed E-state index contributed by atoms with van der Waals surface area (Å²) in [7, 11) is 2.53. The van der Waals surface area contributed by atoms with Gasteiger partial charge in [0, 0.05) is 18.8 Å². The van der Waals surface area contributed by atoms with E-state index >= 15 is 0 Å². The molecule has 7 heteroatoms. The molecule has 0 amide bonds. The summed E-state index contributed by atoms with van der Waals surface area (Å²) >= 11 is 0. The Labute approximate surface area is 159 Å². The van der Waals surface area contributed by atoms with Gasteiger partial charge in [0.15, 0.2) is 0 Å². The molecule has 2 aliphatic rings. The predicted octanol–water partition coefficient (Wildman–Crippen LogP) is 4.00. The molecule has 1 fully saturated rings. The van der Waals surface area contributed by atoms with Gasteiger partial charge in [-0.25, -0.2) is 8.78 Å². The van der Waals surface area contributed by atoms with Crippen molar-refractivity contribution < 1.29 is 18.3 Å². The Kier molecular flexibility index (Phi) is 15.5. The third kappa shape index (κ3) is 10.2. The molecule has 0 aromatic heterocycles. The average Bonchev–Trinajstić information content (AvgIpc) is 2.74. The number of nitrogens with zero attached hydrogens (tertiary/aromatic N) is 1. The molecule has 1 aromatic carbocycles. The second-order valence-electron chi connectivity index (χ2n) is 4.98. The minimum absolute atomic E-state index is 0.326. The summed E-state index contributed by atoms with van der Waals surface area (Å²) in [6.45, 7) is 13.1. The summed E-state index contributed by atoms with van der Waals surface area (Å²) < 4.78 is 34.7. The summed E-state index contributed by atoms with van der Waals surface area (Å²) in [6, 6.07) is 4.64. The van der Waals surface area contributed by atoms with Crippen LogP contribution in [0.15, 0.2) is 36.0 Å². The van der Waals surface area contributed by atoms with Crippen LogP contribution in [0.1, 0.15) is 27.7 Å². The highest BCUT2D eigenvalue weighted by atomic mass is 31.0. The van der Waals surface area contributed by atoms with Gasteiger partial charge in [-0.1, -0.05) is 37.1 Å². The fraction of sp³-hybridized carbons (Fsp3) is 0.579. The molecule has 2 heterocycles. The molecule has 1 N–H and O–H groups in total. The monoisotopic (exact) mass is 390 g/mol. The van der Waals surface area contributed by atoms with Crippen molar-refractivity contribution in [3.63, 3.8) is 0 Å². The molecule has 2 aliphatic heterocycles. The van der Waals surface area contributed by atoms with E-state index in [9.17, 15) is 8.78 Å². The zero-order valence-corrected chi connectivity index (χ0v) is 17.5. The van der Waals surface area contributed by atoms with Gasteiger partial charge in [0.1, 0.15) is 11.6 Å². The van der Waals surface area contributed by atoms with Crippen LogP contribution in [-0.2, 0) is 9.47 Å². The van der Waals surface area contributed by atoms with Crippen molar-refractivity contribution in [2.45, 2.75) is 33.7 Å². The predicted molar refractivity (Wildman–Crippen MR) is 107 cm³/mol. The molecule has 0 radical (unpaired) electrons. The molecule has 2 atom stereocenters. The van der Waals surface area contributed by atoms with Crippen LogP contribution in [0, 0.1) is 11.6 Å². The third-order valence-corrected chi connectivity index (χ3v) is 3.80. The molecule has 0 aliphatic carbocycles. The van der Waals surface area contributed by atoms with Crippen molar-refractivity contribution in [1.29, 1.82) is 0 Å². The van der Waals surface area contributed by atoms with Gasteiger partial charge in [-0.2, -0.15) is 0 Å². The molecule has 1 saturated heterocycles. The molecule has 26 heavy (non-hydrogen) atoms. The zero-order chi connectivity index (χ0) is 19.8. The van der Waals surface area contributed by atoms with E-state index in [1.54, 1.807) is 0 Å². The van der Waals surface area contributed by atoms with Gasteiger partial charge in [-0.05, 0) is 30.3 Å². The molecular formula is C19H33F2N2O2P. The van der Waals surface area contributed by atoms with Crippen molar-refractivity contribution in [3.05, 3.63) is 47.7 Å². The molecule has 0 spiro atoms. The summed E-state index contributed by atoms with van der Waals surface area (Å²) in [5.74, 6) is -0.821. The Morgan fingerprint density at radius 3 is 1.92 bits per heavy atom.